The van der Waals surface area contributed by atoms with Crippen molar-refractivity contribution in [3.63, 3.8) is 0 Å². The average molecular weight is 618 g/mol. The van der Waals surface area contributed by atoms with E-state index in [9.17, 15) is 19.5 Å². The summed E-state index contributed by atoms with van der Waals surface area (Å²) >= 11 is 17.1. The van der Waals surface area contributed by atoms with Crippen LogP contribution >= 0.6 is 34.8 Å². The van der Waals surface area contributed by atoms with E-state index in [1.165, 1.54) is 0 Å². The Hall–Kier alpha value is -0.803. The highest BCUT2D eigenvalue weighted by Gasteiger charge is 2.48. The van der Waals surface area contributed by atoms with Crippen LogP contribution in [0.25, 0.3) is 0 Å². The van der Waals surface area contributed by atoms with Gasteiger partial charge in [-0.1, -0.05) is 88.8 Å². The summed E-state index contributed by atoms with van der Waals surface area (Å²) in [6, 6.07) is 0. The molecule has 0 saturated heterocycles. The van der Waals surface area contributed by atoms with Crippen molar-refractivity contribution in [1.82, 2.24) is 0 Å². The van der Waals surface area contributed by atoms with Gasteiger partial charge in [0.05, 0.1) is 18.4 Å². The number of carbonyl (C=O) groups excluding carboxylic acids is 2. The molecule has 0 aliphatic rings. The van der Waals surface area contributed by atoms with Crippen molar-refractivity contribution in [3.05, 3.63) is 12.2 Å². The molecule has 0 fully saturated rings. The van der Waals surface area contributed by atoms with Crippen molar-refractivity contribution in [3.8, 4) is 0 Å². The molecular formula is C27H47Cl3O7Si. The molecule has 7 nitrogen and oxygen atoms in total. The number of carboxylic acids is 1. The van der Waals surface area contributed by atoms with Gasteiger partial charge in [-0.25, -0.2) is 4.79 Å². The van der Waals surface area contributed by atoms with Crippen LogP contribution in [0, 0.1) is 17.3 Å². The average Bonchev–Trinajstić information content (AvgIpc) is 2.72. The third kappa shape index (κ3) is 12.6. The molecule has 0 heterocycles. The Labute approximate surface area is 245 Å². The van der Waals surface area contributed by atoms with Gasteiger partial charge in [0.25, 0.3) is 0 Å². The molecule has 0 aromatic rings. The molecule has 0 unspecified atom stereocenters. The van der Waals surface area contributed by atoms with Gasteiger partial charge < -0.3 is 19.0 Å². The molecule has 0 saturated carbocycles. The smallest absolute Gasteiger partial charge is 0.481 e. The number of ketones is 1. The van der Waals surface area contributed by atoms with Crippen LogP contribution in [0.3, 0.4) is 0 Å². The number of hydrogen-bond donors (Lipinski definition) is 1. The van der Waals surface area contributed by atoms with Gasteiger partial charge in [-0.2, -0.15) is 0 Å². The van der Waals surface area contributed by atoms with Crippen LogP contribution in [0.15, 0.2) is 12.2 Å². The number of halogens is 3. The third-order valence-corrected chi connectivity index (χ3v) is 12.2. The second kappa shape index (κ2) is 14.7. The van der Waals surface area contributed by atoms with Crippen LogP contribution in [-0.2, 0) is 23.5 Å². The van der Waals surface area contributed by atoms with Crippen molar-refractivity contribution >= 4 is 61.0 Å². The Morgan fingerprint density at radius 3 is 1.97 bits per heavy atom. The van der Waals surface area contributed by atoms with Gasteiger partial charge in [0.1, 0.15) is 18.5 Å². The number of allylic oxidation sites excluding steroid dienone is 1. The van der Waals surface area contributed by atoms with Gasteiger partial charge in [0.15, 0.2) is 8.32 Å². The van der Waals surface area contributed by atoms with Crippen LogP contribution in [0.5, 0.6) is 0 Å². The number of rotatable bonds is 15. The normalized spacial score (nSPS) is 16.2. The first-order valence-electron chi connectivity index (χ1n) is 12.9. The summed E-state index contributed by atoms with van der Waals surface area (Å²) in [5, 5.41) is 9.46. The lowest BCUT2D eigenvalue weighted by Crippen LogP contribution is -2.53. The fraction of sp³-hybridized carbons (Fsp3) is 0.815. The quantitative estimate of drug-likeness (QED) is 0.0853. The van der Waals surface area contributed by atoms with Crippen molar-refractivity contribution in [1.29, 1.82) is 0 Å². The minimum Gasteiger partial charge on any atom is -0.481 e. The van der Waals surface area contributed by atoms with Gasteiger partial charge in [0, 0.05) is 5.41 Å². The minimum atomic E-state index is -2.42. The molecule has 0 rings (SSSR count). The molecule has 1 N–H and O–H groups in total. The summed E-state index contributed by atoms with van der Waals surface area (Å²) < 4.78 is 15.3. The van der Waals surface area contributed by atoms with E-state index in [1.807, 2.05) is 47.7 Å². The number of carboxylic acid groups (broad SMARTS) is 1. The summed E-state index contributed by atoms with van der Waals surface area (Å²) in [7, 11) is -2.42. The Morgan fingerprint density at radius 1 is 1.03 bits per heavy atom. The number of carbonyl (C=O) groups is 3. The Balaban J connectivity index is 6.12. The standard InChI is InChI=1S/C27H47Cl3O7Si/c1-17(2)13-12-14-18(3)22(36-24(34)35-16-27(28,29)30)19(4)23(33)26(8,9)20(15-21(31)32)37-38(10,11)25(5,6)7/h18-20,22H,1,12-16H2,2-11H3,(H,31,32)/t18-,19+,20-,22-/m0/s1. The highest BCUT2D eigenvalue weighted by Crippen LogP contribution is 2.42. The summed E-state index contributed by atoms with van der Waals surface area (Å²) in [5.41, 5.74) is -0.158. The van der Waals surface area contributed by atoms with Gasteiger partial charge >= 0.3 is 12.1 Å². The lowest BCUT2D eigenvalue weighted by Gasteiger charge is -2.44. The SMILES string of the molecule is C=C(C)CCC[C@H](C)[C@H](OC(=O)OCC(Cl)(Cl)Cl)[C@@H](C)C(=O)C(C)(C)[C@H](CC(=O)O)O[Si](C)(C)C(C)(C)C. The molecule has 0 amide bonds. The first kappa shape index (κ1) is 37.2. The third-order valence-electron chi connectivity index (χ3n) is 7.36. The van der Waals surface area contributed by atoms with Gasteiger partial charge in [-0.05, 0) is 50.2 Å². The molecule has 4 atom stereocenters. The predicted octanol–water partition coefficient (Wildman–Crippen LogP) is 8.36. The van der Waals surface area contributed by atoms with Crippen LogP contribution in [0.4, 0.5) is 4.79 Å². The maximum Gasteiger partial charge on any atom is 0.508 e. The van der Waals surface area contributed by atoms with Crippen LogP contribution in [0.1, 0.15) is 81.1 Å². The van der Waals surface area contributed by atoms with E-state index in [0.717, 1.165) is 18.4 Å². The minimum absolute atomic E-state index is 0.190. The summed E-state index contributed by atoms with van der Waals surface area (Å²) in [6.45, 7) is 22.5. The van der Waals surface area contributed by atoms with E-state index in [0.29, 0.717) is 6.42 Å². The topological polar surface area (TPSA) is 99.1 Å². The molecule has 0 aromatic heterocycles. The van der Waals surface area contributed by atoms with Crippen LogP contribution in [-0.4, -0.2) is 53.9 Å². The number of ether oxygens (including phenoxy) is 2. The molecular weight excluding hydrogens is 571 g/mol. The lowest BCUT2D eigenvalue weighted by molar-refractivity contribution is -0.147. The Kier molecular flexibility index (Phi) is 14.4. The molecule has 11 heteroatoms. The highest BCUT2D eigenvalue weighted by molar-refractivity contribution is 6.74. The first-order chi connectivity index (χ1) is 16.9. The summed E-state index contributed by atoms with van der Waals surface area (Å²) in [4.78, 5) is 38.3. The second-order valence-corrected chi connectivity index (χ2v) is 19.7. The highest BCUT2D eigenvalue weighted by atomic mass is 35.6. The van der Waals surface area contributed by atoms with Crippen molar-refractivity contribution in [2.45, 2.75) is 115 Å². The molecule has 0 aromatic carbocycles. The number of aliphatic carboxylic acids is 1. The number of hydrogen-bond acceptors (Lipinski definition) is 6. The lowest BCUT2D eigenvalue weighted by atomic mass is 9.73. The molecule has 0 aliphatic carbocycles. The van der Waals surface area contributed by atoms with Gasteiger partial charge in [-0.3, -0.25) is 9.59 Å². The predicted molar refractivity (Wildman–Crippen MR) is 157 cm³/mol. The van der Waals surface area contributed by atoms with E-state index in [2.05, 4.69) is 6.58 Å². The van der Waals surface area contributed by atoms with Crippen molar-refractivity contribution < 1.29 is 33.4 Å². The summed E-state index contributed by atoms with van der Waals surface area (Å²) in [6.07, 6.45) is -0.858. The van der Waals surface area contributed by atoms with Crippen LogP contribution < -0.4 is 0 Å². The van der Waals surface area contributed by atoms with Crippen molar-refractivity contribution in [2.24, 2.45) is 17.3 Å². The van der Waals surface area contributed by atoms with Gasteiger partial charge in [0.2, 0.25) is 3.79 Å². The Morgan fingerprint density at radius 2 is 1.55 bits per heavy atom. The van der Waals surface area contributed by atoms with E-state index < -0.39 is 54.4 Å². The molecule has 0 aliphatic heterocycles. The van der Waals surface area contributed by atoms with E-state index in [1.54, 1.807) is 20.8 Å². The molecule has 0 bridgehead atoms. The molecule has 0 spiro atoms. The van der Waals surface area contributed by atoms with Crippen LogP contribution in [0.2, 0.25) is 18.1 Å². The van der Waals surface area contributed by atoms with Gasteiger partial charge in [-0.15, -0.1) is 6.58 Å². The molecule has 38 heavy (non-hydrogen) atoms. The zero-order valence-electron chi connectivity index (χ0n) is 24.6. The largest absolute Gasteiger partial charge is 0.508 e. The zero-order valence-corrected chi connectivity index (χ0v) is 27.9. The monoisotopic (exact) mass is 616 g/mol. The molecule has 222 valence electrons. The number of alkyl halides is 3. The van der Waals surface area contributed by atoms with E-state index in [4.69, 9.17) is 48.7 Å². The second-order valence-electron chi connectivity index (χ2n) is 12.4. The Bertz CT molecular complexity index is 832. The fourth-order valence-corrected chi connectivity index (χ4v) is 5.52. The van der Waals surface area contributed by atoms with E-state index >= 15 is 0 Å². The van der Waals surface area contributed by atoms with Crippen molar-refractivity contribution in [2.75, 3.05) is 6.61 Å². The summed E-state index contributed by atoms with van der Waals surface area (Å²) in [5.74, 6) is -2.33. The maximum absolute atomic E-state index is 14.0. The molecule has 0 radical (unpaired) electrons. The zero-order chi connectivity index (χ0) is 30.3. The number of Topliss-reactive ketones (excluding diaryl/α,β-unsaturated/α-hetero) is 1. The van der Waals surface area contributed by atoms with E-state index in [-0.39, 0.29) is 23.2 Å². The fourth-order valence-electron chi connectivity index (χ4n) is 3.92. The first-order valence-corrected chi connectivity index (χ1v) is 16.9. The maximum atomic E-state index is 14.0.